The fourth-order valence-corrected chi connectivity index (χ4v) is 2.03. The van der Waals surface area contributed by atoms with Crippen LogP contribution in [0.3, 0.4) is 0 Å². The van der Waals surface area contributed by atoms with Gasteiger partial charge in [0.15, 0.2) is 5.54 Å². The maximum Gasteiger partial charge on any atom is 0.430 e. The number of carbonyl (C=O) groups excluding carboxylic acids is 2. The van der Waals surface area contributed by atoms with Gasteiger partial charge in [0.1, 0.15) is 5.60 Å². The van der Waals surface area contributed by atoms with Crippen molar-refractivity contribution in [2.45, 2.75) is 58.1 Å². The van der Waals surface area contributed by atoms with Gasteiger partial charge in [0, 0.05) is 0 Å². The first kappa shape index (κ1) is 17.1. The van der Waals surface area contributed by atoms with Crippen molar-refractivity contribution < 1.29 is 29.0 Å². The molecule has 0 atom stereocenters. The zero-order valence-corrected chi connectivity index (χ0v) is 12.8. The number of amides is 2. The Balaban J connectivity index is 3.02. The molecule has 0 heterocycles. The molecule has 1 rings (SSSR count). The highest BCUT2D eigenvalue weighted by atomic mass is 16.6. The first-order chi connectivity index (χ1) is 9.62. The summed E-state index contributed by atoms with van der Waals surface area (Å²) in [6.07, 6.45) is -1.02. The Morgan fingerprint density at radius 2 is 1.86 bits per heavy atom. The standard InChI is InChI=1S/C13H22N2O6/c1-5-20-9(16)13(7-6-8-13)15(14-10(17)18)11(19)21-12(2,3)4/h14H,5-8H2,1-4H3,(H,17,18). The second kappa shape index (κ2) is 6.19. The number of ether oxygens (including phenoxy) is 2. The summed E-state index contributed by atoms with van der Waals surface area (Å²) >= 11 is 0. The molecule has 8 nitrogen and oxygen atoms in total. The van der Waals surface area contributed by atoms with Crippen LogP contribution in [-0.2, 0) is 14.3 Å². The average molecular weight is 302 g/mol. The molecule has 8 heteroatoms. The molecule has 0 aromatic rings. The largest absolute Gasteiger partial charge is 0.464 e. The van der Waals surface area contributed by atoms with Gasteiger partial charge < -0.3 is 14.6 Å². The van der Waals surface area contributed by atoms with E-state index < -0.39 is 29.3 Å². The first-order valence-corrected chi connectivity index (χ1v) is 6.82. The highest BCUT2D eigenvalue weighted by molar-refractivity contribution is 5.88. The van der Waals surface area contributed by atoms with Gasteiger partial charge in [-0.25, -0.2) is 19.8 Å². The van der Waals surface area contributed by atoms with Gasteiger partial charge in [-0.15, -0.1) is 0 Å². The molecule has 2 N–H and O–H groups in total. The van der Waals surface area contributed by atoms with Crippen molar-refractivity contribution >= 4 is 18.2 Å². The Bertz CT molecular complexity index is 425. The number of hydrogen-bond acceptors (Lipinski definition) is 5. The van der Waals surface area contributed by atoms with Crippen molar-refractivity contribution in [3.63, 3.8) is 0 Å². The summed E-state index contributed by atoms with van der Waals surface area (Å²) in [5.41, 5.74) is -0.174. The van der Waals surface area contributed by atoms with Gasteiger partial charge in [0.05, 0.1) is 6.61 Å². The molecular formula is C13H22N2O6. The fourth-order valence-electron chi connectivity index (χ4n) is 2.03. The number of hydrogen-bond donors (Lipinski definition) is 2. The van der Waals surface area contributed by atoms with E-state index in [9.17, 15) is 14.4 Å². The number of carbonyl (C=O) groups is 3. The van der Waals surface area contributed by atoms with Gasteiger partial charge in [0.25, 0.3) is 0 Å². The van der Waals surface area contributed by atoms with Crippen molar-refractivity contribution in [3.05, 3.63) is 0 Å². The lowest BCUT2D eigenvalue weighted by Gasteiger charge is -2.46. The number of nitrogens with zero attached hydrogens (tertiary/aromatic N) is 1. The minimum Gasteiger partial charge on any atom is -0.464 e. The number of rotatable bonds is 3. The van der Waals surface area contributed by atoms with Gasteiger partial charge >= 0.3 is 18.2 Å². The highest BCUT2D eigenvalue weighted by Gasteiger charge is 2.54. The number of nitrogens with one attached hydrogen (secondary N) is 1. The number of hydrazine groups is 1. The normalized spacial score (nSPS) is 16.4. The Hall–Kier alpha value is -1.99. The molecule has 0 aromatic carbocycles. The van der Waals surface area contributed by atoms with Gasteiger partial charge in [-0.05, 0) is 47.0 Å². The summed E-state index contributed by atoms with van der Waals surface area (Å²) in [7, 11) is 0. The van der Waals surface area contributed by atoms with Crippen LogP contribution in [0.25, 0.3) is 0 Å². The lowest BCUT2D eigenvalue weighted by atomic mass is 9.76. The monoisotopic (exact) mass is 302 g/mol. The Morgan fingerprint density at radius 1 is 1.29 bits per heavy atom. The van der Waals surface area contributed by atoms with E-state index in [-0.39, 0.29) is 6.61 Å². The summed E-state index contributed by atoms with van der Waals surface area (Å²) in [6, 6.07) is 0. The molecule has 0 bridgehead atoms. The minimum absolute atomic E-state index is 0.149. The lowest BCUT2D eigenvalue weighted by molar-refractivity contribution is -0.166. The summed E-state index contributed by atoms with van der Waals surface area (Å²) < 4.78 is 10.1. The number of esters is 1. The van der Waals surface area contributed by atoms with Gasteiger partial charge in [-0.1, -0.05) is 0 Å². The molecule has 21 heavy (non-hydrogen) atoms. The fraction of sp³-hybridized carbons (Fsp3) is 0.769. The third kappa shape index (κ3) is 3.99. The third-order valence-electron chi connectivity index (χ3n) is 3.05. The molecule has 1 saturated carbocycles. The van der Waals surface area contributed by atoms with Gasteiger partial charge in [0.2, 0.25) is 0 Å². The van der Waals surface area contributed by atoms with Crippen molar-refractivity contribution in [1.29, 1.82) is 0 Å². The van der Waals surface area contributed by atoms with Gasteiger partial charge in [-0.3, -0.25) is 0 Å². The second-order valence-electron chi connectivity index (χ2n) is 5.84. The van der Waals surface area contributed by atoms with E-state index in [1.807, 2.05) is 5.43 Å². The second-order valence-corrected chi connectivity index (χ2v) is 5.84. The molecule has 1 aliphatic carbocycles. The molecule has 0 aromatic heterocycles. The Morgan fingerprint density at radius 3 is 2.19 bits per heavy atom. The van der Waals surface area contributed by atoms with Crippen LogP contribution in [0.2, 0.25) is 0 Å². The first-order valence-electron chi connectivity index (χ1n) is 6.82. The molecule has 0 aliphatic heterocycles. The topological polar surface area (TPSA) is 105 Å². The maximum atomic E-state index is 12.2. The van der Waals surface area contributed by atoms with Gasteiger partial charge in [-0.2, -0.15) is 5.01 Å². The van der Waals surface area contributed by atoms with Crippen LogP contribution in [0.5, 0.6) is 0 Å². The van der Waals surface area contributed by atoms with Crippen LogP contribution >= 0.6 is 0 Å². The SMILES string of the molecule is CCOC(=O)C1(N(NC(=O)O)C(=O)OC(C)(C)C)CCC1. The van der Waals surface area contributed by atoms with E-state index in [2.05, 4.69) is 0 Å². The predicted molar refractivity (Wildman–Crippen MR) is 72.4 cm³/mol. The van der Waals surface area contributed by atoms with Crippen LogP contribution in [0.15, 0.2) is 0 Å². The smallest absolute Gasteiger partial charge is 0.430 e. The van der Waals surface area contributed by atoms with E-state index >= 15 is 0 Å². The molecule has 1 aliphatic rings. The molecule has 0 spiro atoms. The maximum absolute atomic E-state index is 12.2. The van der Waals surface area contributed by atoms with Crippen molar-refractivity contribution in [2.75, 3.05) is 6.61 Å². The van der Waals surface area contributed by atoms with E-state index in [1.54, 1.807) is 27.7 Å². The molecule has 120 valence electrons. The van der Waals surface area contributed by atoms with Crippen LogP contribution < -0.4 is 5.43 Å². The van der Waals surface area contributed by atoms with E-state index in [0.717, 1.165) is 5.01 Å². The molecule has 0 saturated heterocycles. The summed E-state index contributed by atoms with van der Waals surface area (Å²) in [5, 5.41) is 9.65. The summed E-state index contributed by atoms with van der Waals surface area (Å²) in [4.78, 5) is 35.3. The average Bonchev–Trinajstić information content (AvgIpc) is 2.23. The van der Waals surface area contributed by atoms with Crippen LogP contribution in [0, 0.1) is 0 Å². The van der Waals surface area contributed by atoms with E-state index in [4.69, 9.17) is 14.6 Å². The Kier molecular flexibility index (Phi) is 5.03. The molecule has 0 unspecified atom stereocenters. The quantitative estimate of drug-likeness (QED) is 0.609. The molecule has 0 radical (unpaired) electrons. The third-order valence-corrected chi connectivity index (χ3v) is 3.05. The molecule has 1 fully saturated rings. The van der Waals surface area contributed by atoms with E-state index in [0.29, 0.717) is 19.3 Å². The van der Waals surface area contributed by atoms with E-state index in [1.165, 1.54) is 0 Å². The minimum atomic E-state index is -1.45. The Labute approximate surface area is 123 Å². The van der Waals surface area contributed by atoms with Crippen LogP contribution in [-0.4, -0.2) is 46.0 Å². The summed E-state index contributed by atoms with van der Waals surface area (Å²) in [6.45, 7) is 6.76. The molecular weight excluding hydrogens is 280 g/mol. The van der Waals surface area contributed by atoms with Crippen LogP contribution in [0.1, 0.15) is 47.0 Å². The van der Waals surface area contributed by atoms with Crippen molar-refractivity contribution in [2.24, 2.45) is 0 Å². The highest BCUT2D eigenvalue weighted by Crippen LogP contribution is 2.38. The zero-order chi connectivity index (χ0) is 16.3. The predicted octanol–water partition coefficient (Wildman–Crippen LogP) is 1.89. The zero-order valence-electron chi connectivity index (χ0n) is 12.8. The van der Waals surface area contributed by atoms with Crippen molar-refractivity contribution in [3.8, 4) is 0 Å². The summed E-state index contributed by atoms with van der Waals surface area (Å²) in [5.74, 6) is -0.629. The number of carboxylic acid groups (broad SMARTS) is 1. The van der Waals surface area contributed by atoms with Crippen molar-refractivity contribution in [1.82, 2.24) is 10.4 Å². The van der Waals surface area contributed by atoms with Crippen LogP contribution in [0.4, 0.5) is 9.59 Å². The molecule has 2 amide bonds. The lowest BCUT2D eigenvalue weighted by Crippen LogP contribution is -2.67.